The molecule has 2 atom stereocenters. The smallest absolute Gasteiger partial charge is 0.0475 e. The molecule has 0 radical (unpaired) electrons. The number of piperidine rings is 1. The number of hydrogen-bond acceptors (Lipinski definition) is 4. The van der Waals surface area contributed by atoms with Crippen LogP contribution in [0.1, 0.15) is 32.1 Å². The monoisotopic (exact) mass is 294 g/mol. The van der Waals surface area contributed by atoms with Crippen LogP contribution in [-0.4, -0.2) is 37.4 Å². The second kappa shape index (κ2) is 6.92. The topological polar surface area (TPSA) is 35.5 Å². The molecule has 2 N–H and O–H groups in total. The second-order valence-electron chi connectivity index (χ2n) is 6.40. The molecule has 1 aliphatic heterocycles. The van der Waals surface area contributed by atoms with E-state index >= 15 is 0 Å². The molecular weight excluding hydrogens is 268 g/mol. The van der Waals surface area contributed by atoms with E-state index in [1.165, 1.54) is 37.9 Å². The molecule has 112 valence electrons. The number of nitrogens with one attached hydrogen (secondary N) is 1. The first-order chi connectivity index (χ1) is 9.85. The van der Waals surface area contributed by atoms with Crippen molar-refractivity contribution < 1.29 is 5.11 Å². The lowest BCUT2D eigenvalue weighted by Gasteiger charge is -2.40. The van der Waals surface area contributed by atoms with Gasteiger partial charge in [-0.25, -0.2) is 0 Å². The van der Waals surface area contributed by atoms with Gasteiger partial charge in [-0.15, -0.1) is 0 Å². The maximum absolute atomic E-state index is 9.25. The van der Waals surface area contributed by atoms with Gasteiger partial charge in [0.05, 0.1) is 0 Å². The molecule has 1 saturated carbocycles. The molecule has 1 aromatic heterocycles. The Labute approximate surface area is 126 Å². The van der Waals surface area contributed by atoms with E-state index in [4.69, 9.17) is 0 Å². The highest BCUT2D eigenvalue weighted by atomic mass is 32.1. The fraction of sp³-hybridized carbons (Fsp3) is 0.750. The van der Waals surface area contributed by atoms with Crippen molar-refractivity contribution >= 4 is 17.0 Å². The first-order valence-corrected chi connectivity index (χ1v) is 8.91. The van der Waals surface area contributed by atoms with Crippen molar-refractivity contribution in [3.05, 3.63) is 16.8 Å². The minimum absolute atomic E-state index is 0.317. The third-order valence-electron chi connectivity index (χ3n) is 4.87. The molecule has 20 heavy (non-hydrogen) atoms. The van der Waals surface area contributed by atoms with E-state index < -0.39 is 0 Å². The quantitative estimate of drug-likeness (QED) is 0.847. The average molecular weight is 294 g/mol. The molecule has 0 spiro atoms. The molecule has 0 bridgehead atoms. The second-order valence-corrected chi connectivity index (χ2v) is 7.18. The van der Waals surface area contributed by atoms with E-state index in [2.05, 4.69) is 27.0 Å². The highest BCUT2D eigenvalue weighted by Crippen LogP contribution is 2.28. The zero-order valence-corrected chi connectivity index (χ0v) is 12.9. The van der Waals surface area contributed by atoms with Gasteiger partial charge in [-0.1, -0.05) is 6.42 Å². The Hall–Kier alpha value is -0.580. The van der Waals surface area contributed by atoms with Crippen LogP contribution >= 0.6 is 11.3 Å². The molecule has 0 aromatic carbocycles. The van der Waals surface area contributed by atoms with Gasteiger partial charge in [-0.05, 0) is 55.5 Å². The van der Waals surface area contributed by atoms with Gasteiger partial charge in [0.15, 0.2) is 0 Å². The molecule has 4 heteroatoms. The van der Waals surface area contributed by atoms with Crippen LogP contribution in [0.15, 0.2) is 16.8 Å². The van der Waals surface area contributed by atoms with Crippen molar-refractivity contribution in [2.75, 3.05) is 31.1 Å². The van der Waals surface area contributed by atoms with Crippen LogP contribution in [-0.2, 0) is 0 Å². The lowest BCUT2D eigenvalue weighted by Crippen LogP contribution is -2.50. The van der Waals surface area contributed by atoms with Crippen molar-refractivity contribution in [2.45, 2.75) is 38.1 Å². The zero-order chi connectivity index (χ0) is 13.8. The lowest BCUT2D eigenvalue weighted by molar-refractivity contribution is 0.220. The van der Waals surface area contributed by atoms with Crippen molar-refractivity contribution in [3.63, 3.8) is 0 Å². The normalized spacial score (nSPS) is 27.6. The summed E-state index contributed by atoms with van der Waals surface area (Å²) < 4.78 is 0. The van der Waals surface area contributed by atoms with Crippen molar-refractivity contribution in [1.29, 1.82) is 0 Å². The summed E-state index contributed by atoms with van der Waals surface area (Å²) in [4.78, 5) is 2.50. The van der Waals surface area contributed by atoms with E-state index in [9.17, 15) is 5.11 Å². The van der Waals surface area contributed by atoms with Crippen LogP contribution in [0.3, 0.4) is 0 Å². The van der Waals surface area contributed by atoms with Crippen molar-refractivity contribution in [2.24, 2.45) is 11.8 Å². The molecule has 1 aromatic rings. The van der Waals surface area contributed by atoms with E-state index in [1.807, 2.05) is 0 Å². The molecule has 0 amide bonds. The molecule has 2 aliphatic rings. The van der Waals surface area contributed by atoms with Gasteiger partial charge in [-0.2, -0.15) is 11.3 Å². The number of thiophene rings is 1. The van der Waals surface area contributed by atoms with Gasteiger partial charge >= 0.3 is 0 Å². The molecule has 3 nitrogen and oxygen atoms in total. The molecule has 1 saturated heterocycles. The summed E-state index contributed by atoms with van der Waals surface area (Å²) in [5.74, 6) is 1.54. The Morgan fingerprint density at radius 3 is 2.85 bits per heavy atom. The van der Waals surface area contributed by atoms with E-state index in [1.54, 1.807) is 11.3 Å². The van der Waals surface area contributed by atoms with Crippen LogP contribution in [0.25, 0.3) is 0 Å². The van der Waals surface area contributed by atoms with E-state index in [0.29, 0.717) is 18.6 Å². The SMILES string of the molecule is OCCC1CC(NCC2CCC2)CN(c2ccsc2)C1. The minimum atomic E-state index is 0.317. The number of hydrogen-bond donors (Lipinski definition) is 2. The Morgan fingerprint density at radius 2 is 2.20 bits per heavy atom. The minimum Gasteiger partial charge on any atom is -0.396 e. The summed E-state index contributed by atoms with van der Waals surface area (Å²) in [6.45, 7) is 3.72. The molecule has 2 fully saturated rings. The highest BCUT2D eigenvalue weighted by molar-refractivity contribution is 7.08. The molecule has 2 heterocycles. The maximum atomic E-state index is 9.25. The summed E-state index contributed by atoms with van der Waals surface area (Å²) in [7, 11) is 0. The Bertz CT molecular complexity index is 391. The third kappa shape index (κ3) is 3.54. The maximum Gasteiger partial charge on any atom is 0.0475 e. The van der Waals surface area contributed by atoms with Gasteiger partial charge < -0.3 is 15.3 Å². The fourth-order valence-electron chi connectivity index (χ4n) is 3.42. The Balaban J connectivity index is 1.57. The molecule has 3 rings (SSSR count). The summed E-state index contributed by atoms with van der Waals surface area (Å²) >= 11 is 1.77. The van der Waals surface area contributed by atoms with Crippen LogP contribution in [0.4, 0.5) is 5.69 Å². The fourth-order valence-corrected chi connectivity index (χ4v) is 4.09. The predicted molar refractivity (Wildman–Crippen MR) is 85.5 cm³/mol. The van der Waals surface area contributed by atoms with Gasteiger partial charge in [0.2, 0.25) is 0 Å². The highest BCUT2D eigenvalue weighted by Gasteiger charge is 2.28. The van der Waals surface area contributed by atoms with Crippen molar-refractivity contribution in [1.82, 2.24) is 5.32 Å². The first kappa shape index (κ1) is 14.4. The van der Waals surface area contributed by atoms with Crippen LogP contribution in [0, 0.1) is 11.8 Å². The average Bonchev–Trinajstić information content (AvgIpc) is 2.91. The van der Waals surface area contributed by atoms with Crippen molar-refractivity contribution in [3.8, 4) is 0 Å². The molecule has 2 unspecified atom stereocenters. The summed E-state index contributed by atoms with van der Waals surface area (Å²) in [5.41, 5.74) is 1.35. The van der Waals surface area contributed by atoms with E-state index in [-0.39, 0.29) is 0 Å². The van der Waals surface area contributed by atoms with E-state index in [0.717, 1.165) is 25.4 Å². The summed E-state index contributed by atoms with van der Waals surface area (Å²) in [5, 5.41) is 17.4. The number of aliphatic hydroxyl groups is 1. The lowest BCUT2D eigenvalue weighted by atomic mass is 9.84. The van der Waals surface area contributed by atoms with Gasteiger partial charge in [0.1, 0.15) is 0 Å². The number of rotatable bonds is 6. The number of nitrogens with zero attached hydrogens (tertiary/aromatic N) is 1. The van der Waals surface area contributed by atoms with Crippen LogP contribution in [0.5, 0.6) is 0 Å². The first-order valence-electron chi connectivity index (χ1n) is 7.96. The number of anilines is 1. The zero-order valence-electron chi connectivity index (χ0n) is 12.1. The van der Waals surface area contributed by atoms with Crippen LogP contribution < -0.4 is 10.2 Å². The summed E-state index contributed by atoms with van der Waals surface area (Å²) in [6, 6.07) is 2.80. The van der Waals surface area contributed by atoms with Gasteiger partial charge in [-0.3, -0.25) is 0 Å². The predicted octanol–water partition coefficient (Wildman–Crippen LogP) is 2.72. The van der Waals surface area contributed by atoms with Gasteiger partial charge in [0.25, 0.3) is 0 Å². The Kier molecular flexibility index (Phi) is 4.97. The summed E-state index contributed by atoms with van der Waals surface area (Å²) in [6.07, 6.45) is 6.39. The molecule has 1 aliphatic carbocycles. The van der Waals surface area contributed by atoms with Gasteiger partial charge in [0, 0.05) is 36.8 Å². The largest absolute Gasteiger partial charge is 0.396 e. The molecular formula is C16H26N2OS. The third-order valence-corrected chi connectivity index (χ3v) is 5.54. The standard InChI is InChI=1S/C16H26N2OS/c19-6-4-14-8-15(17-9-13-2-1-3-13)11-18(10-14)16-5-7-20-12-16/h5,7,12-15,17,19H,1-4,6,8-11H2. The Morgan fingerprint density at radius 1 is 1.30 bits per heavy atom. The van der Waals surface area contributed by atoms with Crippen LogP contribution in [0.2, 0.25) is 0 Å². The number of aliphatic hydroxyl groups excluding tert-OH is 1.